The predicted molar refractivity (Wildman–Crippen MR) is 50.8 cm³/mol. The maximum absolute atomic E-state index is 10.9. The third-order valence-electron chi connectivity index (χ3n) is 1.84. The summed E-state index contributed by atoms with van der Waals surface area (Å²) in [6, 6.07) is 0. The van der Waals surface area contributed by atoms with E-state index in [1.54, 1.807) is 6.08 Å². The number of amides is 2. The van der Waals surface area contributed by atoms with Crippen molar-refractivity contribution in [2.75, 3.05) is 6.54 Å². The highest BCUT2D eigenvalue weighted by Crippen LogP contribution is 2.09. The van der Waals surface area contributed by atoms with E-state index in [1.165, 1.54) is 0 Å². The first-order valence-corrected chi connectivity index (χ1v) is 4.29. The number of hydrogen-bond acceptors (Lipinski definition) is 2. The van der Waals surface area contributed by atoms with Gasteiger partial charge in [0.1, 0.15) is 0 Å². The molecule has 0 radical (unpaired) electrons. The van der Waals surface area contributed by atoms with E-state index in [2.05, 4.69) is 11.9 Å². The molecule has 0 aromatic heterocycles. The van der Waals surface area contributed by atoms with Gasteiger partial charge in [0, 0.05) is 12.5 Å². The third kappa shape index (κ3) is 5.90. The van der Waals surface area contributed by atoms with E-state index in [9.17, 15) is 9.59 Å². The van der Waals surface area contributed by atoms with Crippen LogP contribution in [0.5, 0.6) is 0 Å². The summed E-state index contributed by atoms with van der Waals surface area (Å²) in [5.41, 5.74) is 5.17. The molecule has 0 saturated heterocycles. The quantitative estimate of drug-likeness (QED) is 0.321. The molecule has 1 unspecified atom stereocenters. The van der Waals surface area contributed by atoms with Crippen LogP contribution in [0.1, 0.15) is 19.3 Å². The maximum atomic E-state index is 10.9. The van der Waals surface area contributed by atoms with E-state index in [0.717, 1.165) is 6.42 Å². The molecule has 13 heavy (non-hydrogen) atoms. The normalized spacial score (nSPS) is 11.7. The Hall–Kier alpha value is -1.32. The minimum Gasteiger partial charge on any atom is -0.369 e. The predicted octanol–water partition coefficient (Wildman–Crippen LogP) is 0.190. The second kappa shape index (κ2) is 7.34. The fourth-order valence-corrected chi connectivity index (χ4v) is 1.06. The lowest BCUT2D eigenvalue weighted by Crippen LogP contribution is -2.27. The lowest BCUT2D eigenvalue weighted by molar-refractivity contribution is -0.122. The number of rotatable bonds is 8. The van der Waals surface area contributed by atoms with Crippen LogP contribution in [0.2, 0.25) is 0 Å². The smallest absolute Gasteiger partial charge is 0.220 e. The third-order valence-corrected chi connectivity index (χ3v) is 1.84. The Morgan fingerprint density at radius 2 is 2.23 bits per heavy atom. The van der Waals surface area contributed by atoms with Gasteiger partial charge in [-0.1, -0.05) is 6.08 Å². The molecular weight excluding hydrogens is 168 g/mol. The summed E-state index contributed by atoms with van der Waals surface area (Å²) in [6.07, 6.45) is 4.45. The molecule has 0 fully saturated rings. The molecule has 3 N–H and O–H groups in total. The van der Waals surface area contributed by atoms with Gasteiger partial charge in [0.25, 0.3) is 0 Å². The van der Waals surface area contributed by atoms with Gasteiger partial charge >= 0.3 is 0 Å². The summed E-state index contributed by atoms with van der Waals surface area (Å²) in [7, 11) is 0. The summed E-state index contributed by atoms with van der Waals surface area (Å²) < 4.78 is 0. The van der Waals surface area contributed by atoms with E-state index >= 15 is 0 Å². The topological polar surface area (TPSA) is 72.2 Å². The molecule has 1 atom stereocenters. The van der Waals surface area contributed by atoms with Crippen LogP contribution in [0.15, 0.2) is 12.7 Å². The average Bonchev–Trinajstić information content (AvgIpc) is 2.10. The highest BCUT2D eigenvalue weighted by Gasteiger charge is 2.13. The van der Waals surface area contributed by atoms with Gasteiger partial charge in [0.05, 0.1) is 0 Å². The van der Waals surface area contributed by atoms with Crippen molar-refractivity contribution in [1.29, 1.82) is 0 Å². The second-order valence-corrected chi connectivity index (χ2v) is 2.83. The van der Waals surface area contributed by atoms with Crippen LogP contribution in [-0.2, 0) is 9.59 Å². The molecule has 2 amide bonds. The standard InChI is InChI=1S/C9H16N2O2/c1-2-3-4-8(9(10)13)5-6-11-7-12/h2,7-8H,1,3-6H2,(H2,10,13)(H,11,12). The highest BCUT2D eigenvalue weighted by molar-refractivity contribution is 5.76. The van der Waals surface area contributed by atoms with Gasteiger partial charge in [-0.25, -0.2) is 0 Å². The minimum atomic E-state index is -0.311. The van der Waals surface area contributed by atoms with Crippen molar-refractivity contribution in [3.63, 3.8) is 0 Å². The van der Waals surface area contributed by atoms with E-state index in [0.29, 0.717) is 25.8 Å². The molecule has 74 valence electrons. The minimum absolute atomic E-state index is 0.162. The molecule has 0 aliphatic rings. The number of nitrogens with one attached hydrogen (secondary N) is 1. The Morgan fingerprint density at radius 3 is 2.69 bits per heavy atom. The molecule has 4 nitrogen and oxygen atoms in total. The average molecular weight is 184 g/mol. The summed E-state index contributed by atoms with van der Waals surface area (Å²) >= 11 is 0. The van der Waals surface area contributed by atoms with Crippen LogP contribution in [0.4, 0.5) is 0 Å². The molecule has 4 heteroatoms. The first-order valence-electron chi connectivity index (χ1n) is 4.29. The highest BCUT2D eigenvalue weighted by atomic mass is 16.1. The van der Waals surface area contributed by atoms with Crippen molar-refractivity contribution in [2.45, 2.75) is 19.3 Å². The van der Waals surface area contributed by atoms with Gasteiger partial charge in [0.15, 0.2) is 0 Å². The SMILES string of the molecule is C=CCCC(CCNC=O)C(N)=O. The van der Waals surface area contributed by atoms with Crippen molar-refractivity contribution in [1.82, 2.24) is 5.32 Å². The zero-order chi connectivity index (χ0) is 10.1. The van der Waals surface area contributed by atoms with Crippen LogP contribution in [0.3, 0.4) is 0 Å². The molecule has 0 rings (SSSR count). The zero-order valence-corrected chi connectivity index (χ0v) is 7.66. The Labute approximate surface area is 78.2 Å². The lowest BCUT2D eigenvalue weighted by atomic mass is 9.99. The van der Waals surface area contributed by atoms with E-state index < -0.39 is 0 Å². The Kier molecular flexibility index (Phi) is 6.59. The monoisotopic (exact) mass is 184 g/mol. The van der Waals surface area contributed by atoms with Gasteiger partial charge in [-0.3, -0.25) is 9.59 Å². The summed E-state index contributed by atoms with van der Waals surface area (Å²) in [4.78, 5) is 20.8. The first kappa shape index (κ1) is 11.7. The molecule has 0 aromatic rings. The van der Waals surface area contributed by atoms with Crippen LogP contribution in [0, 0.1) is 5.92 Å². The fraction of sp³-hybridized carbons (Fsp3) is 0.556. The largest absolute Gasteiger partial charge is 0.369 e. The van der Waals surface area contributed by atoms with Crippen molar-refractivity contribution in [3.8, 4) is 0 Å². The lowest BCUT2D eigenvalue weighted by Gasteiger charge is -2.10. The number of carbonyl (C=O) groups excluding carboxylic acids is 2. The molecule has 0 bridgehead atoms. The van der Waals surface area contributed by atoms with Gasteiger partial charge in [-0.15, -0.1) is 6.58 Å². The Bertz CT molecular complexity index is 180. The van der Waals surface area contributed by atoms with Crippen molar-refractivity contribution >= 4 is 12.3 Å². The number of nitrogens with two attached hydrogens (primary N) is 1. The van der Waals surface area contributed by atoms with Gasteiger partial charge in [0.2, 0.25) is 12.3 Å². The van der Waals surface area contributed by atoms with Crippen molar-refractivity contribution < 1.29 is 9.59 Å². The Morgan fingerprint density at radius 1 is 1.54 bits per heavy atom. The summed E-state index contributed by atoms with van der Waals surface area (Å²) in [5, 5.41) is 2.50. The molecule has 0 saturated carbocycles. The van der Waals surface area contributed by atoms with Crippen molar-refractivity contribution in [3.05, 3.63) is 12.7 Å². The van der Waals surface area contributed by atoms with Crippen LogP contribution >= 0.6 is 0 Å². The van der Waals surface area contributed by atoms with Gasteiger partial charge < -0.3 is 11.1 Å². The number of carbonyl (C=O) groups is 2. The molecule has 0 heterocycles. The zero-order valence-electron chi connectivity index (χ0n) is 7.66. The van der Waals surface area contributed by atoms with Crippen LogP contribution in [0.25, 0.3) is 0 Å². The van der Waals surface area contributed by atoms with Crippen molar-refractivity contribution in [2.24, 2.45) is 11.7 Å². The fourth-order valence-electron chi connectivity index (χ4n) is 1.06. The number of primary amides is 1. The number of allylic oxidation sites excluding steroid dienone is 1. The van der Waals surface area contributed by atoms with Gasteiger partial charge in [-0.05, 0) is 19.3 Å². The van der Waals surface area contributed by atoms with E-state index in [-0.39, 0.29) is 11.8 Å². The first-order chi connectivity index (χ1) is 6.22. The second-order valence-electron chi connectivity index (χ2n) is 2.83. The Balaban J connectivity index is 3.72. The number of hydrogen-bond donors (Lipinski definition) is 2. The van der Waals surface area contributed by atoms with E-state index in [1.807, 2.05) is 0 Å². The van der Waals surface area contributed by atoms with Crippen LogP contribution in [-0.4, -0.2) is 18.9 Å². The summed E-state index contributed by atoms with van der Waals surface area (Å²) in [6.45, 7) is 4.06. The molecular formula is C9H16N2O2. The molecule has 0 spiro atoms. The van der Waals surface area contributed by atoms with Gasteiger partial charge in [-0.2, -0.15) is 0 Å². The summed E-state index contributed by atoms with van der Waals surface area (Å²) in [5.74, 6) is -0.472. The maximum Gasteiger partial charge on any atom is 0.220 e. The van der Waals surface area contributed by atoms with Crippen LogP contribution < -0.4 is 11.1 Å². The molecule has 0 aromatic carbocycles. The van der Waals surface area contributed by atoms with E-state index in [4.69, 9.17) is 5.73 Å². The molecule has 0 aliphatic carbocycles. The molecule has 0 aliphatic heterocycles.